The smallest absolute Gasteiger partial charge is 0.303 e. The van der Waals surface area contributed by atoms with Crippen molar-refractivity contribution < 1.29 is 9.90 Å². The van der Waals surface area contributed by atoms with Crippen molar-refractivity contribution in [2.45, 2.75) is 38.1 Å². The summed E-state index contributed by atoms with van der Waals surface area (Å²) >= 11 is 0. The fraction of sp³-hybridized carbons (Fsp3) is 0.875. The van der Waals surface area contributed by atoms with Gasteiger partial charge in [-0.3, -0.25) is 4.79 Å². The van der Waals surface area contributed by atoms with Crippen molar-refractivity contribution in [3.8, 4) is 0 Å². The van der Waals surface area contributed by atoms with Gasteiger partial charge in [-0.25, -0.2) is 0 Å². The van der Waals surface area contributed by atoms with Gasteiger partial charge in [0, 0.05) is 12.5 Å². The highest BCUT2D eigenvalue weighted by Gasteiger charge is 2.20. The normalized spacial score (nSPS) is 31.7. The van der Waals surface area contributed by atoms with Crippen molar-refractivity contribution >= 4 is 5.97 Å². The highest BCUT2D eigenvalue weighted by Crippen LogP contribution is 2.25. The Hall–Kier alpha value is -0.570. The van der Waals surface area contributed by atoms with E-state index in [1.165, 1.54) is 0 Å². The molecule has 1 rings (SSSR count). The lowest BCUT2D eigenvalue weighted by molar-refractivity contribution is -0.138. The number of hydrogen-bond acceptors (Lipinski definition) is 2. The number of rotatable bonds is 2. The number of carbonyl (C=O) groups is 1. The minimum absolute atomic E-state index is 0.244. The van der Waals surface area contributed by atoms with Crippen molar-refractivity contribution in [3.05, 3.63) is 0 Å². The van der Waals surface area contributed by atoms with E-state index < -0.39 is 5.97 Å². The summed E-state index contributed by atoms with van der Waals surface area (Å²) in [7, 11) is 0. The molecule has 0 saturated heterocycles. The van der Waals surface area contributed by atoms with Crippen LogP contribution in [-0.4, -0.2) is 17.1 Å². The molecule has 1 saturated carbocycles. The number of carboxylic acids is 1. The van der Waals surface area contributed by atoms with Crippen molar-refractivity contribution in [2.75, 3.05) is 0 Å². The first kappa shape index (κ1) is 8.53. The van der Waals surface area contributed by atoms with E-state index in [9.17, 15) is 4.79 Å². The summed E-state index contributed by atoms with van der Waals surface area (Å²) in [6, 6.07) is 0.244. The molecule has 1 fully saturated rings. The quantitative estimate of drug-likeness (QED) is 0.628. The molecule has 11 heavy (non-hydrogen) atoms. The first-order valence-electron chi connectivity index (χ1n) is 4.16. The van der Waals surface area contributed by atoms with E-state index in [4.69, 9.17) is 10.8 Å². The fourth-order valence-corrected chi connectivity index (χ4v) is 1.76. The lowest BCUT2D eigenvalue weighted by Gasteiger charge is -2.24. The van der Waals surface area contributed by atoms with E-state index in [1.807, 2.05) is 0 Å². The third-order valence-electron chi connectivity index (χ3n) is 2.29. The Labute approximate surface area is 66.6 Å². The minimum atomic E-state index is -0.691. The standard InChI is InChI=1S/C8H15NO2/c9-7-3-1-2-6(4-7)5-8(10)11/h6-7H,1-5,9H2,(H,10,11)/t6-,7?/m0/s1. The van der Waals surface area contributed by atoms with E-state index in [0.29, 0.717) is 12.3 Å². The van der Waals surface area contributed by atoms with Crippen molar-refractivity contribution in [1.82, 2.24) is 0 Å². The van der Waals surface area contributed by atoms with E-state index >= 15 is 0 Å². The average molecular weight is 157 g/mol. The second kappa shape index (κ2) is 3.72. The lowest BCUT2D eigenvalue weighted by atomic mass is 9.84. The highest BCUT2D eigenvalue weighted by molar-refractivity contribution is 5.67. The SMILES string of the molecule is NC1CCC[C@H](CC(=O)O)C1. The Morgan fingerprint density at radius 3 is 2.82 bits per heavy atom. The van der Waals surface area contributed by atoms with E-state index in [0.717, 1.165) is 25.7 Å². The second-order valence-electron chi connectivity index (χ2n) is 3.39. The topological polar surface area (TPSA) is 63.3 Å². The van der Waals surface area contributed by atoms with Crippen molar-refractivity contribution in [3.63, 3.8) is 0 Å². The molecule has 1 unspecified atom stereocenters. The maximum absolute atomic E-state index is 10.3. The average Bonchev–Trinajstić information content (AvgIpc) is 1.85. The van der Waals surface area contributed by atoms with Gasteiger partial charge in [-0.05, 0) is 25.2 Å². The molecule has 3 nitrogen and oxygen atoms in total. The maximum Gasteiger partial charge on any atom is 0.303 e. The summed E-state index contributed by atoms with van der Waals surface area (Å²) < 4.78 is 0. The molecule has 3 heteroatoms. The van der Waals surface area contributed by atoms with Crippen LogP contribution in [0.4, 0.5) is 0 Å². The van der Waals surface area contributed by atoms with Crippen molar-refractivity contribution in [2.24, 2.45) is 11.7 Å². The first-order chi connectivity index (χ1) is 5.18. The van der Waals surface area contributed by atoms with Gasteiger partial charge in [0.1, 0.15) is 0 Å². The predicted molar refractivity (Wildman–Crippen MR) is 42.2 cm³/mol. The maximum atomic E-state index is 10.3. The minimum Gasteiger partial charge on any atom is -0.481 e. The van der Waals surface area contributed by atoms with Crippen LogP contribution in [0.1, 0.15) is 32.1 Å². The van der Waals surface area contributed by atoms with Gasteiger partial charge >= 0.3 is 5.97 Å². The predicted octanol–water partition coefficient (Wildman–Crippen LogP) is 0.979. The Kier molecular flexibility index (Phi) is 2.88. The summed E-state index contributed by atoms with van der Waals surface area (Å²) in [5.74, 6) is -0.361. The number of hydrogen-bond donors (Lipinski definition) is 2. The molecule has 0 aromatic rings. The Bertz CT molecular complexity index is 147. The van der Waals surface area contributed by atoms with Gasteiger partial charge in [0.2, 0.25) is 0 Å². The number of nitrogens with two attached hydrogens (primary N) is 1. The van der Waals surface area contributed by atoms with Crippen LogP contribution in [0.2, 0.25) is 0 Å². The molecule has 0 amide bonds. The van der Waals surface area contributed by atoms with Gasteiger partial charge in [0.25, 0.3) is 0 Å². The van der Waals surface area contributed by atoms with Crippen LogP contribution < -0.4 is 5.73 Å². The third kappa shape index (κ3) is 2.89. The summed E-state index contributed by atoms with van der Waals surface area (Å²) in [5, 5.41) is 8.51. The molecular formula is C8H15NO2. The lowest BCUT2D eigenvalue weighted by Crippen LogP contribution is -2.28. The van der Waals surface area contributed by atoms with Gasteiger partial charge < -0.3 is 10.8 Å². The Morgan fingerprint density at radius 2 is 2.27 bits per heavy atom. The van der Waals surface area contributed by atoms with E-state index in [1.54, 1.807) is 0 Å². The van der Waals surface area contributed by atoms with Gasteiger partial charge in [0.15, 0.2) is 0 Å². The molecule has 1 aliphatic rings. The molecule has 0 aromatic carbocycles. The zero-order valence-corrected chi connectivity index (χ0v) is 6.62. The highest BCUT2D eigenvalue weighted by atomic mass is 16.4. The molecule has 0 aromatic heterocycles. The second-order valence-corrected chi connectivity index (χ2v) is 3.39. The fourth-order valence-electron chi connectivity index (χ4n) is 1.76. The van der Waals surface area contributed by atoms with Crippen LogP contribution in [-0.2, 0) is 4.79 Å². The van der Waals surface area contributed by atoms with Gasteiger partial charge in [0.05, 0.1) is 0 Å². The van der Waals surface area contributed by atoms with Gasteiger partial charge in [-0.1, -0.05) is 6.42 Å². The molecular weight excluding hydrogens is 142 g/mol. The zero-order chi connectivity index (χ0) is 8.27. The van der Waals surface area contributed by atoms with E-state index in [2.05, 4.69) is 0 Å². The zero-order valence-electron chi connectivity index (χ0n) is 6.62. The first-order valence-corrected chi connectivity index (χ1v) is 4.16. The molecule has 0 aliphatic heterocycles. The molecule has 2 atom stereocenters. The molecule has 1 aliphatic carbocycles. The Balaban J connectivity index is 2.28. The summed E-state index contributed by atoms with van der Waals surface area (Å²) in [5.41, 5.74) is 5.71. The van der Waals surface area contributed by atoms with Crippen LogP contribution >= 0.6 is 0 Å². The van der Waals surface area contributed by atoms with Crippen LogP contribution in [0.3, 0.4) is 0 Å². The largest absolute Gasteiger partial charge is 0.481 e. The number of aliphatic carboxylic acids is 1. The van der Waals surface area contributed by atoms with Gasteiger partial charge in [-0.2, -0.15) is 0 Å². The van der Waals surface area contributed by atoms with Crippen molar-refractivity contribution in [1.29, 1.82) is 0 Å². The molecule has 64 valence electrons. The molecule has 0 spiro atoms. The molecule has 0 radical (unpaired) electrons. The number of carboxylic acid groups (broad SMARTS) is 1. The van der Waals surface area contributed by atoms with Crippen LogP contribution in [0.25, 0.3) is 0 Å². The van der Waals surface area contributed by atoms with E-state index in [-0.39, 0.29) is 6.04 Å². The monoisotopic (exact) mass is 157 g/mol. The van der Waals surface area contributed by atoms with Gasteiger partial charge in [-0.15, -0.1) is 0 Å². The van der Waals surface area contributed by atoms with Crippen LogP contribution in [0.5, 0.6) is 0 Å². The Morgan fingerprint density at radius 1 is 1.55 bits per heavy atom. The van der Waals surface area contributed by atoms with Crippen LogP contribution in [0.15, 0.2) is 0 Å². The summed E-state index contributed by atoms with van der Waals surface area (Å²) in [6.07, 6.45) is 4.40. The molecule has 3 N–H and O–H groups in total. The summed E-state index contributed by atoms with van der Waals surface area (Å²) in [6.45, 7) is 0. The summed E-state index contributed by atoms with van der Waals surface area (Å²) in [4.78, 5) is 10.3. The van der Waals surface area contributed by atoms with Crippen LogP contribution in [0, 0.1) is 5.92 Å². The molecule has 0 bridgehead atoms. The third-order valence-corrected chi connectivity index (χ3v) is 2.29. The molecule has 0 heterocycles.